The minimum atomic E-state index is -0.225. The third-order valence-corrected chi connectivity index (χ3v) is 6.56. The summed E-state index contributed by atoms with van der Waals surface area (Å²) in [7, 11) is 3.12. The van der Waals surface area contributed by atoms with Gasteiger partial charge in [0, 0.05) is 37.8 Å². The number of ether oxygens (including phenoxy) is 2. The van der Waals surface area contributed by atoms with E-state index in [2.05, 4.69) is 16.2 Å². The third-order valence-electron chi connectivity index (χ3n) is 5.70. The Morgan fingerprint density at radius 2 is 1.91 bits per heavy atom. The number of methoxy groups -OCH3 is 2. The first-order chi connectivity index (χ1) is 17.1. The van der Waals surface area contributed by atoms with Gasteiger partial charge in [0.2, 0.25) is 17.5 Å². The van der Waals surface area contributed by atoms with Crippen LogP contribution in [0.2, 0.25) is 0 Å². The van der Waals surface area contributed by atoms with E-state index in [0.29, 0.717) is 55.2 Å². The van der Waals surface area contributed by atoms with Gasteiger partial charge in [0.15, 0.2) is 23.0 Å². The Bertz CT molecular complexity index is 1380. The maximum Gasteiger partial charge on any atom is 0.276 e. The van der Waals surface area contributed by atoms with E-state index in [9.17, 15) is 10.1 Å². The maximum absolute atomic E-state index is 13.0. The quantitative estimate of drug-likeness (QED) is 0.395. The highest BCUT2D eigenvalue weighted by molar-refractivity contribution is 7.13. The molecule has 4 heterocycles. The third kappa shape index (κ3) is 4.31. The zero-order valence-electron chi connectivity index (χ0n) is 19.1. The largest absolute Gasteiger partial charge is 0.493 e. The van der Waals surface area contributed by atoms with Crippen LogP contribution in [0.5, 0.6) is 11.5 Å². The van der Waals surface area contributed by atoms with Crippen LogP contribution in [0.25, 0.3) is 22.1 Å². The highest BCUT2D eigenvalue weighted by atomic mass is 32.1. The number of thiophene rings is 1. The molecular weight excluding hydrogens is 470 g/mol. The molecule has 1 aromatic carbocycles. The van der Waals surface area contributed by atoms with Crippen LogP contribution in [0.15, 0.2) is 50.7 Å². The van der Waals surface area contributed by atoms with Crippen LogP contribution in [-0.4, -0.2) is 61.3 Å². The normalized spacial score (nSPS) is 13.5. The number of hydrogen-bond acceptors (Lipinski definition) is 10. The fraction of sp³-hybridized carbons (Fsp3) is 0.250. The summed E-state index contributed by atoms with van der Waals surface area (Å²) in [5.41, 5.74) is 1.18. The first-order valence-corrected chi connectivity index (χ1v) is 11.7. The molecule has 11 heteroatoms. The molecule has 0 N–H and O–H groups in total. The van der Waals surface area contributed by atoms with Crippen molar-refractivity contribution in [2.75, 3.05) is 45.3 Å². The molecule has 0 spiro atoms. The lowest BCUT2D eigenvalue weighted by Gasteiger charge is -2.34. The molecule has 1 aliphatic rings. The Hall–Kier alpha value is -4.30. The summed E-state index contributed by atoms with van der Waals surface area (Å²) >= 11 is 1.50. The number of carbonyl (C=O) groups excluding carboxylic acids is 1. The number of amides is 1. The molecule has 1 fully saturated rings. The van der Waals surface area contributed by atoms with Gasteiger partial charge in [-0.3, -0.25) is 4.79 Å². The molecule has 178 valence electrons. The van der Waals surface area contributed by atoms with E-state index < -0.39 is 0 Å². The molecule has 0 bridgehead atoms. The van der Waals surface area contributed by atoms with Crippen LogP contribution in [-0.2, 0) is 0 Å². The predicted molar refractivity (Wildman–Crippen MR) is 128 cm³/mol. The summed E-state index contributed by atoms with van der Waals surface area (Å²) in [4.78, 5) is 21.9. The minimum absolute atomic E-state index is 0.223. The van der Waals surface area contributed by atoms with Crippen molar-refractivity contribution in [2.45, 2.75) is 0 Å². The SMILES string of the molecule is COc1ccc(-c2cc(C(=O)N3CCN(c4oc(-c5cccs5)nc4C#N)CC3)no2)cc1OC. The summed E-state index contributed by atoms with van der Waals surface area (Å²) in [6.45, 7) is 1.88. The van der Waals surface area contributed by atoms with Gasteiger partial charge in [-0.15, -0.1) is 11.3 Å². The molecule has 1 saturated heterocycles. The molecule has 35 heavy (non-hydrogen) atoms. The molecule has 1 aliphatic heterocycles. The van der Waals surface area contributed by atoms with Gasteiger partial charge >= 0.3 is 0 Å². The van der Waals surface area contributed by atoms with Crippen molar-refractivity contribution in [1.82, 2.24) is 15.0 Å². The van der Waals surface area contributed by atoms with Crippen LogP contribution in [0.1, 0.15) is 16.2 Å². The van der Waals surface area contributed by atoms with E-state index >= 15 is 0 Å². The second kappa shape index (κ2) is 9.52. The number of aromatic nitrogens is 2. The first kappa shape index (κ1) is 22.5. The maximum atomic E-state index is 13.0. The van der Waals surface area contributed by atoms with Crippen molar-refractivity contribution in [2.24, 2.45) is 0 Å². The standard InChI is InChI=1S/C24H21N5O5S/c1-31-18-6-5-15(12-20(18)32-2)19-13-16(27-34-19)23(30)28-7-9-29(10-8-28)24-17(14-25)26-22(33-24)21-4-3-11-35-21/h3-6,11-13H,7-10H2,1-2H3. The summed E-state index contributed by atoms with van der Waals surface area (Å²) in [5, 5.41) is 15.4. The van der Waals surface area contributed by atoms with Gasteiger partial charge in [-0.25, -0.2) is 0 Å². The van der Waals surface area contributed by atoms with Gasteiger partial charge in [0.05, 0.1) is 19.1 Å². The van der Waals surface area contributed by atoms with Crippen molar-refractivity contribution in [3.8, 4) is 39.7 Å². The fourth-order valence-corrected chi connectivity index (χ4v) is 4.53. The highest BCUT2D eigenvalue weighted by Gasteiger charge is 2.28. The van der Waals surface area contributed by atoms with Crippen LogP contribution >= 0.6 is 11.3 Å². The van der Waals surface area contributed by atoms with Crippen molar-refractivity contribution < 1.29 is 23.2 Å². The molecule has 10 nitrogen and oxygen atoms in total. The van der Waals surface area contributed by atoms with Crippen LogP contribution in [0, 0.1) is 11.3 Å². The van der Waals surface area contributed by atoms with Crippen LogP contribution in [0.3, 0.4) is 0 Å². The fourth-order valence-electron chi connectivity index (χ4n) is 3.88. The van der Waals surface area contributed by atoms with Gasteiger partial charge < -0.3 is 28.2 Å². The monoisotopic (exact) mass is 491 g/mol. The molecule has 0 radical (unpaired) electrons. The Balaban J connectivity index is 1.27. The average Bonchev–Trinajstić information content (AvgIpc) is 3.68. The van der Waals surface area contributed by atoms with Gasteiger partial charge in [-0.2, -0.15) is 10.2 Å². The molecule has 3 aromatic heterocycles. The summed E-state index contributed by atoms with van der Waals surface area (Å²) < 4.78 is 21.9. The molecule has 0 unspecified atom stereocenters. The lowest BCUT2D eigenvalue weighted by molar-refractivity contribution is 0.0735. The number of oxazole rings is 1. The summed E-state index contributed by atoms with van der Waals surface area (Å²) in [6, 6.07) is 12.9. The molecule has 0 saturated carbocycles. The minimum Gasteiger partial charge on any atom is -0.493 e. The average molecular weight is 492 g/mol. The van der Waals surface area contributed by atoms with E-state index in [1.54, 1.807) is 37.3 Å². The number of piperazine rings is 1. The van der Waals surface area contributed by atoms with Crippen LogP contribution < -0.4 is 14.4 Å². The molecule has 1 amide bonds. The summed E-state index contributed by atoms with van der Waals surface area (Å²) in [6.07, 6.45) is 0. The van der Waals surface area contributed by atoms with Crippen LogP contribution in [0.4, 0.5) is 5.88 Å². The predicted octanol–water partition coefficient (Wildman–Crippen LogP) is 3.91. The molecular formula is C24H21N5O5S. The molecule has 0 atom stereocenters. The Labute approximate surface area is 204 Å². The van der Waals surface area contributed by atoms with Crippen molar-refractivity contribution in [3.05, 3.63) is 53.2 Å². The van der Waals surface area contributed by atoms with Crippen molar-refractivity contribution in [3.63, 3.8) is 0 Å². The van der Waals surface area contributed by atoms with E-state index in [4.69, 9.17) is 18.4 Å². The first-order valence-electron chi connectivity index (χ1n) is 10.8. The smallest absolute Gasteiger partial charge is 0.276 e. The zero-order chi connectivity index (χ0) is 24.4. The molecule has 5 rings (SSSR count). The Morgan fingerprint density at radius 1 is 1.11 bits per heavy atom. The number of hydrogen-bond donors (Lipinski definition) is 0. The lowest BCUT2D eigenvalue weighted by atomic mass is 10.1. The van der Waals surface area contributed by atoms with Gasteiger partial charge in [-0.1, -0.05) is 11.2 Å². The van der Waals surface area contributed by atoms with E-state index in [0.717, 1.165) is 10.4 Å². The van der Waals surface area contributed by atoms with Crippen molar-refractivity contribution in [1.29, 1.82) is 5.26 Å². The van der Waals surface area contributed by atoms with Gasteiger partial charge in [-0.05, 0) is 29.6 Å². The van der Waals surface area contributed by atoms with Gasteiger partial charge in [0.25, 0.3) is 5.91 Å². The topological polar surface area (TPSA) is 118 Å². The number of carbonyl (C=O) groups is 1. The number of nitriles is 1. The van der Waals surface area contributed by atoms with Crippen molar-refractivity contribution >= 4 is 23.1 Å². The highest BCUT2D eigenvalue weighted by Crippen LogP contribution is 2.33. The number of anilines is 1. The number of rotatable bonds is 6. The second-order valence-corrected chi connectivity index (χ2v) is 8.63. The van der Waals surface area contributed by atoms with E-state index in [-0.39, 0.29) is 17.3 Å². The number of nitrogens with zero attached hydrogens (tertiary/aromatic N) is 5. The number of benzene rings is 1. The second-order valence-electron chi connectivity index (χ2n) is 7.69. The van der Waals surface area contributed by atoms with E-state index in [1.165, 1.54) is 11.3 Å². The van der Waals surface area contributed by atoms with Gasteiger partial charge in [0.1, 0.15) is 6.07 Å². The molecule has 0 aliphatic carbocycles. The lowest BCUT2D eigenvalue weighted by Crippen LogP contribution is -2.49. The van der Waals surface area contributed by atoms with E-state index in [1.807, 2.05) is 28.5 Å². The Morgan fingerprint density at radius 3 is 2.60 bits per heavy atom. The zero-order valence-corrected chi connectivity index (χ0v) is 19.9. The molecule has 4 aromatic rings. The summed E-state index contributed by atoms with van der Waals surface area (Å²) in [5.74, 6) is 2.23. The Kier molecular flexibility index (Phi) is 6.12.